The summed E-state index contributed by atoms with van der Waals surface area (Å²) in [5.41, 5.74) is 0.693. The summed E-state index contributed by atoms with van der Waals surface area (Å²) >= 11 is 0. The Bertz CT molecular complexity index is 489. The second-order valence-electron chi connectivity index (χ2n) is 4.50. The quantitative estimate of drug-likeness (QED) is 0.837. The monoisotopic (exact) mass is 278 g/mol. The average Bonchev–Trinajstić information content (AvgIpc) is 2.47. The Balaban J connectivity index is 2.18. The summed E-state index contributed by atoms with van der Waals surface area (Å²) in [6, 6.07) is 5.36. The molecule has 1 saturated heterocycles. The van der Waals surface area contributed by atoms with Gasteiger partial charge in [-0.25, -0.2) is 4.79 Å². The SMILES string of the molecule is COc1ccc(OC2CCOCC2)c(C=CC(=O)O)c1. The molecule has 0 unspecified atom stereocenters. The van der Waals surface area contributed by atoms with Gasteiger partial charge in [-0.05, 0) is 24.3 Å². The maximum absolute atomic E-state index is 10.7. The first-order valence-corrected chi connectivity index (χ1v) is 6.52. The molecule has 0 aliphatic carbocycles. The number of carbonyl (C=O) groups is 1. The van der Waals surface area contributed by atoms with Gasteiger partial charge in [0.2, 0.25) is 0 Å². The first kappa shape index (κ1) is 14.4. The second kappa shape index (κ2) is 6.96. The molecule has 1 N–H and O–H groups in total. The number of hydrogen-bond donors (Lipinski definition) is 1. The highest BCUT2D eigenvalue weighted by Crippen LogP contribution is 2.28. The zero-order chi connectivity index (χ0) is 14.4. The van der Waals surface area contributed by atoms with E-state index in [1.54, 1.807) is 25.3 Å². The van der Waals surface area contributed by atoms with Crippen LogP contribution in [0.1, 0.15) is 18.4 Å². The first-order chi connectivity index (χ1) is 9.69. The van der Waals surface area contributed by atoms with Crippen molar-refractivity contribution < 1.29 is 24.1 Å². The maximum atomic E-state index is 10.7. The molecule has 108 valence electrons. The Morgan fingerprint density at radius 2 is 2.15 bits per heavy atom. The van der Waals surface area contributed by atoms with Crippen molar-refractivity contribution in [1.82, 2.24) is 0 Å². The molecule has 5 heteroatoms. The van der Waals surface area contributed by atoms with Crippen molar-refractivity contribution in [3.05, 3.63) is 29.8 Å². The van der Waals surface area contributed by atoms with Gasteiger partial charge in [0, 0.05) is 24.5 Å². The largest absolute Gasteiger partial charge is 0.497 e. The number of hydrogen-bond acceptors (Lipinski definition) is 4. The molecule has 0 atom stereocenters. The van der Waals surface area contributed by atoms with Crippen LogP contribution in [-0.2, 0) is 9.53 Å². The Labute approximate surface area is 117 Å². The zero-order valence-electron chi connectivity index (χ0n) is 11.4. The van der Waals surface area contributed by atoms with E-state index in [1.807, 2.05) is 0 Å². The summed E-state index contributed by atoms with van der Waals surface area (Å²) in [7, 11) is 1.57. The smallest absolute Gasteiger partial charge is 0.328 e. The molecular formula is C15H18O5. The number of rotatable bonds is 5. The number of benzene rings is 1. The molecule has 1 aromatic carbocycles. The van der Waals surface area contributed by atoms with Gasteiger partial charge in [0.1, 0.15) is 17.6 Å². The first-order valence-electron chi connectivity index (χ1n) is 6.52. The fourth-order valence-electron chi connectivity index (χ4n) is 2.03. The van der Waals surface area contributed by atoms with E-state index in [1.165, 1.54) is 6.08 Å². The van der Waals surface area contributed by atoms with Crippen LogP contribution in [-0.4, -0.2) is 37.5 Å². The second-order valence-corrected chi connectivity index (χ2v) is 4.50. The van der Waals surface area contributed by atoms with Crippen molar-refractivity contribution in [3.8, 4) is 11.5 Å². The molecule has 0 aromatic heterocycles. The van der Waals surface area contributed by atoms with E-state index < -0.39 is 5.97 Å². The standard InChI is InChI=1S/C15H18O5/c1-18-13-3-4-14(11(10-13)2-5-15(16)17)20-12-6-8-19-9-7-12/h2-5,10,12H,6-9H2,1H3,(H,16,17). The van der Waals surface area contributed by atoms with E-state index in [0.29, 0.717) is 30.3 Å². The molecule has 5 nitrogen and oxygen atoms in total. The normalized spacial score (nSPS) is 16.2. The van der Waals surface area contributed by atoms with Crippen molar-refractivity contribution in [1.29, 1.82) is 0 Å². The van der Waals surface area contributed by atoms with Gasteiger partial charge in [-0.3, -0.25) is 0 Å². The number of methoxy groups -OCH3 is 1. The van der Waals surface area contributed by atoms with Gasteiger partial charge >= 0.3 is 5.97 Å². The molecule has 0 saturated carbocycles. The molecule has 1 fully saturated rings. The number of carboxylic acid groups (broad SMARTS) is 1. The van der Waals surface area contributed by atoms with Crippen molar-refractivity contribution in [2.24, 2.45) is 0 Å². The maximum Gasteiger partial charge on any atom is 0.328 e. The molecule has 1 heterocycles. The fourth-order valence-corrected chi connectivity index (χ4v) is 2.03. The topological polar surface area (TPSA) is 65.0 Å². The average molecular weight is 278 g/mol. The minimum absolute atomic E-state index is 0.106. The lowest BCUT2D eigenvalue weighted by Gasteiger charge is -2.24. The highest BCUT2D eigenvalue weighted by Gasteiger charge is 2.16. The number of ether oxygens (including phenoxy) is 3. The van der Waals surface area contributed by atoms with Crippen molar-refractivity contribution in [2.75, 3.05) is 20.3 Å². The van der Waals surface area contributed by atoms with Crippen LogP contribution in [0.5, 0.6) is 11.5 Å². The summed E-state index contributed by atoms with van der Waals surface area (Å²) in [6.07, 6.45) is 4.39. The molecule has 1 aromatic rings. The minimum atomic E-state index is -0.996. The van der Waals surface area contributed by atoms with E-state index in [4.69, 9.17) is 19.3 Å². The Morgan fingerprint density at radius 1 is 1.40 bits per heavy atom. The van der Waals surface area contributed by atoms with Gasteiger partial charge < -0.3 is 19.3 Å². The Kier molecular flexibility index (Phi) is 5.01. The molecule has 0 radical (unpaired) electrons. The van der Waals surface area contributed by atoms with Crippen molar-refractivity contribution in [2.45, 2.75) is 18.9 Å². The molecule has 20 heavy (non-hydrogen) atoms. The number of carboxylic acids is 1. The minimum Gasteiger partial charge on any atom is -0.497 e. The van der Waals surface area contributed by atoms with E-state index in [-0.39, 0.29) is 6.10 Å². The highest BCUT2D eigenvalue weighted by molar-refractivity contribution is 5.86. The number of aliphatic carboxylic acids is 1. The lowest BCUT2D eigenvalue weighted by molar-refractivity contribution is -0.131. The van der Waals surface area contributed by atoms with Crippen LogP contribution in [0.25, 0.3) is 6.08 Å². The molecule has 1 aliphatic heterocycles. The van der Waals surface area contributed by atoms with Crippen molar-refractivity contribution in [3.63, 3.8) is 0 Å². The van der Waals surface area contributed by atoms with Gasteiger partial charge in [0.25, 0.3) is 0 Å². The predicted octanol–water partition coefficient (Wildman–Crippen LogP) is 2.35. The van der Waals surface area contributed by atoms with Gasteiger partial charge in [-0.15, -0.1) is 0 Å². The third-order valence-corrected chi connectivity index (χ3v) is 3.08. The van der Waals surface area contributed by atoms with Gasteiger partial charge in [0.05, 0.1) is 20.3 Å². The van der Waals surface area contributed by atoms with Gasteiger partial charge in [-0.1, -0.05) is 0 Å². The summed E-state index contributed by atoms with van der Waals surface area (Å²) < 4.78 is 16.4. The molecule has 1 aliphatic rings. The van der Waals surface area contributed by atoms with Crippen molar-refractivity contribution >= 4 is 12.0 Å². The predicted molar refractivity (Wildman–Crippen MR) is 74.1 cm³/mol. The fraction of sp³-hybridized carbons (Fsp3) is 0.400. The third-order valence-electron chi connectivity index (χ3n) is 3.08. The van der Waals surface area contributed by atoms with Crippen LogP contribution < -0.4 is 9.47 Å². The van der Waals surface area contributed by atoms with E-state index in [2.05, 4.69) is 0 Å². The molecule has 0 spiro atoms. The van der Waals surface area contributed by atoms with Crippen LogP contribution in [0.3, 0.4) is 0 Å². The van der Waals surface area contributed by atoms with Crippen LogP contribution in [0.15, 0.2) is 24.3 Å². The zero-order valence-corrected chi connectivity index (χ0v) is 11.4. The van der Waals surface area contributed by atoms with Crippen LogP contribution in [0.2, 0.25) is 0 Å². The highest BCUT2D eigenvalue weighted by atomic mass is 16.5. The van der Waals surface area contributed by atoms with E-state index >= 15 is 0 Å². The van der Waals surface area contributed by atoms with Crippen LogP contribution in [0, 0.1) is 0 Å². The lowest BCUT2D eigenvalue weighted by atomic mass is 10.1. The summed E-state index contributed by atoms with van der Waals surface area (Å²) in [4.78, 5) is 10.7. The summed E-state index contributed by atoms with van der Waals surface area (Å²) in [5, 5.41) is 8.74. The van der Waals surface area contributed by atoms with Gasteiger partial charge in [-0.2, -0.15) is 0 Å². The Hall–Kier alpha value is -2.01. The van der Waals surface area contributed by atoms with Gasteiger partial charge in [0.15, 0.2) is 0 Å². The summed E-state index contributed by atoms with van der Waals surface area (Å²) in [5.74, 6) is 0.328. The third kappa shape index (κ3) is 3.99. The summed E-state index contributed by atoms with van der Waals surface area (Å²) in [6.45, 7) is 1.39. The molecule has 0 amide bonds. The molecule has 0 bridgehead atoms. The van der Waals surface area contributed by atoms with E-state index in [0.717, 1.165) is 18.9 Å². The van der Waals surface area contributed by atoms with Crippen LogP contribution in [0.4, 0.5) is 0 Å². The molecular weight excluding hydrogens is 260 g/mol. The lowest BCUT2D eigenvalue weighted by Crippen LogP contribution is -2.26. The van der Waals surface area contributed by atoms with Crippen LogP contribution >= 0.6 is 0 Å². The van der Waals surface area contributed by atoms with E-state index in [9.17, 15) is 4.79 Å². The molecule has 2 rings (SSSR count). The Morgan fingerprint density at radius 3 is 2.80 bits per heavy atom.